The lowest BCUT2D eigenvalue weighted by Gasteiger charge is -2.11. The fourth-order valence-electron chi connectivity index (χ4n) is 8.66. The Morgan fingerprint density at radius 1 is 0.450 bits per heavy atom. The van der Waals surface area contributed by atoms with Crippen molar-refractivity contribution in [3.63, 3.8) is 0 Å². The van der Waals surface area contributed by atoms with Gasteiger partial charge in [0, 0.05) is 80.5 Å². The Bertz CT molecular complexity index is 4510. The zero-order valence-electron chi connectivity index (χ0n) is 41.8. The van der Waals surface area contributed by atoms with Crippen LogP contribution in [0.25, 0.3) is 100 Å². The van der Waals surface area contributed by atoms with E-state index in [-0.39, 0.29) is 35.2 Å². The van der Waals surface area contributed by atoms with Crippen molar-refractivity contribution >= 4 is 55.9 Å². The lowest BCUT2D eigenvalue weighted by Crippen LogP contribution is -1.99. The van der Waals surface area contributed by atoms with Gasteiger partial charge in [-0.15, -0.1) is 0 Å². The van der Waals surface area contributed by atoms with E-state index in [0.717, 1.165) is 38.3 Å². The highest BCUT2D eigenvalue weighted by molar-refractivity contribution is 6.36. The van der Waals surface area contributed by atoms with Gasteiger partial charge in [0.25, 0.3) is 0 Å². The van der Waals surface area contributed by atoms with Crippen LogP contribution in [0.2, 0.25) is 10.0 Å². The van der Waals surface area contributed by atoms with Crippen LogP contribution in [0.4, 0.5) is 13.2 Å². The van der Waals surface area contributed by atoms with E-state index in [1.807, 2.05) is 79.7 Å². The van der Waals surface area contributed by atoms with Crippen LogP contribution in [0.5, 0.6) is 0 Å². The maximum Gasteiger partial charge on any atom is 0.150 e. The average molecular weight is 1090 g/mol. The number of fused-ring (bicyclic) bond motifs is 3. The highest BCUT2D eigenvalue weighted by Crippen LogP contribution is 2.38. The Hall–Kier alpha value is -10.3. The molecule has 0 atom stereocenters. The summed E-state index contributed by atoms with van der Waals surface area (Å²) in [5.74, 6) is -1.77. The minimum absolute atomic E-state index is 0. The van der Waals surface area contributed by atoms with Gasteiger partial charge in [0.1, 0.15) is 35.7 Å². The number of benzene rings is 6. The number of nitriles is 3. The number of hydrogen-bond donors (Lipinski definition) is 1. The summed E-state index contributed by atoms with van der Waals surface area (Å²) in [6, 6.07) is 39.9. The normalized spacial score (nSPS) is 10.6. The largest absolute Gasteiger partial charge is 0.276 e. The van der Waals surface area contributed by atoms with Gasteiger partial charge in [0.05, 0.1) is 101 Å². The van der Waals surface area contributed by atoms with Gasteiger partial charge >= 0.3 is 0 Å². The fourth-order valence-corrected chi connectivity index (χ4v) is 9.21. The number of hydrogen-bond acceptors (Lipinski definition) is 12. The molecule has 0 aliphatic rings. The Morgan fingerprint density at radius 2 is 0.950 bits per heavy atom. The summed E-state index contributed by atoms with van der Waals surface area (Å²) >= 11 is 12.7. The summed E-state index contributed by atoms with van der Waals surface area (Å²) in [6.45, 7) is 5.40. The van der Waals surface area contributed by atoms with Gasteiger partial charge in [-0.1, -0.05) is 61.0 Å². The zero-order chi connectivity index (χ0) is 55.3. The summed E-state index contributed by atoms with van der Waals surface area (Å²) in [6.07, 6.45) is 10.0. The smallest absolute Gasteiger partial charge is 0.150 e. The van der Waals surface area contributed by atoms with Crippen LogP contribution in [0.3, 0.4) is 0 Å². The lowest BCUT2D eigenvalue weighted by atomic mass is 10.0. The molecule has 0 fully saturated rings. The van der Waals surface area contributed by atoms with E-state index in [4.69, 9.17) is 39.0 Å². The van der Waals surface area contributed by atoms with E-state index in [2.05, 4.69) is 50.1 Å². The minimum atomic E-state index is -0.619. The molecule has 0 spiro atoms. The molecule has 80 heavy (non-hydrogen) atoms. The van der Waals surface area contributed by atoms with Crippen molar-refractivity contribution in [2.24, 2.45) is 0 Å². The molecular formula is C62H40Cl2F3N13. The third-order valence-corrected chi connectivity index (χ3v) is 13.0. The van der Waals surface area contributed by atoms with E-state index in [1.165, 1.54) is 24.3 Å². The minimum Gasteiger partial charge on any atom is -0.276 e. The summed E-state index contributed by atoms with van der Waals surface area (Å²) in [7, 11) is 0. The number of aromatic nitrogens is 10. The molecule has 0 saturated heterocycles. The van der Waals surface area contributed by atoms with Crippen molar-refractivity contribution in [3.8, 4) is 85.8 Å². The quantitative estimate of drug-likeness (QED) is 0.165. The first-order valence-corrected chi connectivity index (χ1v) is 24.7. The second-order valence-electron chi connectivity index (χ2n) is 17.7. The van der Waals surface area contributed by atoms with Crippen LogP contribution in [0.1, 0.15) is 41.2 Å². The molecule has 0 amide bonds. The van der Waals surface area contributed by atoms with Gasteiger partial charge in [-0.2, -0.15) is 20.9 Å². The third-order valence-electron chi connectivity index (χ3n) is 12.4. The Labute approximate surface area is 466 Å². The SMILES string of the molecule is C.Cc1cnc(-c2cc(Cl)c3[nH]ncc3c2)c(-c2cccc(C#N)c2F)n1.Cc1cnc(-c2cc(Cl)c3ncccc3c2)c(-c2ccc(F)c(C#N)c2)n1.Cc1cnc(-c2ccc3ncccc3c2)c(-c2cccc(C#N)c2F)n1. The number of aromatic amines is 1. The van der Waals surface area contributed by atoms with Gasteiger partial charge in [0.2, 0.25) is 0 Å². The van der Waals surface area contributed by atoms with Crippen molar-refractivity contribution in [2.45, 2.75) is 28.2 Å². The summed E-state index contributed by atoms with van der Waals surface area (Å²) in [5, 5.41) is 37.8. The monoisotopic (exact) mass is 1090 g/mol. The summed E-state index contributed by atoms with van der Waals surface area (Å²) < 4.78 is 43.2. The molecule has 18 heteroatoms. The molecule has 12 aromatic rings. The van der Waals surface area contributed by atoms with Crippen LogP contribution in [-0.2, 0) is 0 Å². The molecule has 388 valence electrons. The Balaban J connectivity index is 0.000000144. The summed E-state index contributed by atoms with van der Waals surface area (Å²) in [4.78, 5) is 35.7. The molecule has 0 aliphatic carbocycles. The molecule has 0 radical (unpaired) electrons. The number of rotatable bonds is 6. The van der Waals surface area contributed by atoms with Crippen molar-refractivity contribution in [1.29, 1.82) is 15.8 Å². The van der Waals surface area contributed by atoms with Crippen molar-refractivity contribution in [1.82, 2.24) is 50.1 Å². The molecule has 1 N–H and O–H groups in total. The van der Waals surface area contributed by atoms with Crippen molar-refractivity contribution < 1.29 is 13.2 Å². The Morgan fingerprint density at radius 3 is 1.56 bits per heavy atom. The maximum absolute atomic E-state index is 14.7. The van der Waals surface area contributed by atoms with E-state index >= 15 is 0 Å². The summed E-state index contributed by atoms with van der Waals surface area (Å²) in [5.41, 5.74) is 10.6. The van der Waals surface area contributed by atoms with E-state index in [9.17, 15) is 13.2 Å². The first-order chi connectivity index (χ1) is 38.3. The standard InChI is InChI=1S/C21H12ClFN4.C21H13FN4.C19H11ClFN5.CH4/c1-12-11-26-20(15-7-13-3-2-6-25-19(13)17(22)9-15)21(27-12)14-4-5-18(23)16(8-14)10-24;1-13-12-25-20(15-7-8-18-14(10-15)5-3-9-24-18)21(26-13)17-6-2-4-16(11-23)19(17)22;1-10-8-23-18(12-5-13-9-24-26-17(13)15(20)6-12)19(25-10)14-4-2-3-11(7-22)16(14)21;/h2-9,11H,1H3;2-10,12H,1H3;2-6,8-9H,1H3,(H,24,26);1H4. The van der Waals surface area contributed by atoms with Crippen LogP contribution in [-0.4, -0.2) is 50.1 Å². The van der Waals surface area contributed by atoms with E-state index < -0.39 is 17.5 Å². The molecule has 0 aliphatic heterocycles. The van der Waals surface area contributed by atoms with E-state index in [1.54, 1.807) is 93.5 Å². The highest BCUT2D eigenvalue weighted by atomic mass is 35.5. The van der Waals surface area contributed by atoms with E-state index in [0.29, 0.717) is 77.9 Å². The second kappa shape index (κ2) is 23.5. The first kappa shape index (κ1) is 54.5. The molecular weight excluding hydrogens is 1050 g/mol. The number of halogens is 5. The Kier molecular flexibility index (Phi) is 16.0. The predicted molar refractivity (Wildman–Crippen MR) is 304 cm³/mol. The molecule has 0 unspecified atom stereocenters. The number of nitrogens with zero attached hydrogens (tertiary/aromatic N) is 12. The van der Waals surface area contributed by atoms with Gasteiger partial charge in [0.15, 0.2) is 0 Å². The van der Waals surface area contributed by atoms with Gasteiger partial charge in [-0.05, 0) is 112 Å². The van der Waals surface area contributed by atoms with Crippen LogP contribution in [0.15, 0.2) is 159 Å². The van der Waals surface area contributed by atoms with Crippen LogP contribution >= 0.6 is 23.2 Å². The number of aryl methyl sites for hydroxylation is 3. The third kappa shape index (κ3) is 11.1. The topological polar surface area (TPSA) is 203 Å². The van der Waals surface area contributed by atoms with Crippen LogP contribution < -0.4 is 0 Å². The number of nitrogens with one attached hydrogen (secondary N) is 1. The molecule has 6 aromatic heterocycles. The van der Waals surface area contributed by atoms with Crippen LogP contribution in [0, 0.1) is 72.2 Å². The molecule has 6 aromatic carbocycles. The highest BCUT2D eigenvalue weighted by Gasteiger charge is 2.21. The molecule has 6 heterocycles. The first-order valence-electron chi connectivity index (χ1n) is 23.9. The maximum atomic E-state index is 14.7. The number of pyridine rings is 2. The predicted octanol–water partition coefficient (Wildman–Crippen LogP) is 15.3. The molecule has 0 bridgehead atoms. The second-order valence-corrected chi connectivity index (χ2v) is 18.5. The van der Waals surface area contributed by atoms with Gasteiger partial charge < -0.3 is 0 Å². The van der Waals surface area contributed by atoms with Crippen molar-refractivity contribution in [2.75, 3.05) is 0 Å². The molecule has 0 saturated carbocycles. The van der Waals surface area contributed by atoms with Gasteiger partial charge in [-0.25, -0.2) is 28.1 Å². The number of H-pyrrole nitrogens is 1. The van der Waals surface area contributed by atoms with Crippen molar-refractivity contribution in [3.05, 3.63) is 220 Å². The molecule has 12 rings (SSSR count). The average Bonchev–Trinajstić information content (AvgIpc) is 4.04. The lowest BCUT2D eigenvalue weighted by molar-refractivity contribution is 0.624. The van der Waals surface area contributed by atoms with Gasteiger partial charge in [-0.3, -0.25) is 30.0 Å². The zero-order valence-corrected chi connectivity index (χ0v) is 43.3. The molecule has 13 nitrogen and oxygen atoms in total. The fraction of sp³-hybridized carbons (Fsp3) is 0.0645.